The number of carbonyl (C=O) groups is 2. The molecule has 3 N–H and O–H groups in total. The van der Waals surface area contributed by atoms with E-state index in [-0.39, 0.29) is 18.5 Å². The summed E-state index contributed by atoms with van der Waals surface area (Å²) < 4.78 is 5.48. The lowest BCUT2D eigenvalue weighted by Gasteiger charge is -2.22. The molecule has 78 heavy (non-hydrogen) atoms. The second-order valence-electron chi connectivity index (χ2n) is 23.9. The van der Waals surface area contributed by atoms with Crippen molar-refractivity contribution < 1.29 is 24.5 Å². The molecule has 0 rings (SSSR count). The number of hydrogen-bond donors (Lipinski definition) is 3. The highest BCUT2D eigenvalue weighted by atomic mass is 16.5. The first-order chi connectivity index (χ1) is 38.5. The van der Waals surface area contributed by atoms with Crippen molar-refractivity contribution in [2.75, 3.05) is 13.2 Å². The molecule has 0 saturated heterocycles. The number of carbonyl (C=O) groups excluding carboxylic acids is 2. The van der Waals surface area contributed by atoms with Gasteiger partial charge in [-0.05, 0) is 83.5 Å². The topological polar surface area (TPSA) is 95.9 Å². The van der Waals surface area contributed by atoms with Crippen LogP contribution in [-0.2, 0) is 14.3 Å². The zero-order valence-electron chi connectivity index (χ0n) is 52.4. The van der Waals surface area contributed by atoms with Gasteiger partial charge in [0.05, 0.1) is 25.4 Å². The van der Waals surface area contributed by atoms with E-state index < -0.39 is 12.1 Å². The van der Waals surface area contributed by atoms with Crippen LogP contribution in [0.1, 0.15) is 373 Å². The molecule has 0 spiro atoms. The first-order valence-electron chi connectivity index (χ1n) is 34.9. The normalized spacial score (nSPS) is 12.8. The fraction of sp³-hybridized carbons (Fsp3) is 0.861. The lowest BCUT2D eigenvalue weighted by Crippen LogP contribution is -2.45. The third kappa shape index (κ3) is 63.0. The highest BCUT2D eigenvalue weighted by Gasteiger charge is 2.20. The number of amides is 1. The van der Waals surface area contributed by atoms with Crippen LogP contribution < -0.4 is 5.32 Å². The van der Waals surface area contributed by atoms with Crippen molar-refractivity contribution in [2.45, 2.75) is 386 Å². The number of nitrogens with one attached hydrogen (secondary N) is 1. The van der Waals surface area contributed by atoms with Crippen LogP contribution >= 0.6 is 0 Å². The van der Waals surface area contributed by atoms with E-state index in [0.717, 1.165) is 57.8 Å². The molecule has 2 unspecified atom stereocenters. The van der Waals surface area contributed by atoms with Gasteiger partial charge in [0.2, 0.25) is 5.91 Å². The van der Waals surface area contributed by atoms with E-state index >= 15 is 0 Å². The van der Waals surface area contributed by atoms with Gasteiger partial charge in [-0.3, -0.25) is 9.59 Å². The number of allylic oxidation sites excluding steroid dienone is 8. The molecular weight excluding hydrogens is 959 g/mol. The molecule has 0 heterocycles. The van der Waals surface area contributed by atoms with Gasteiger partial charge in [-0.2, -0.15) is 0 Å². The van der Waals surface area contributed by atoms with Gasteiger partial charge in [0, 0.05) is 12.8 Å². The maximum atomic E-state index is 12.5. The molecule has 0 aliphatic heterocycles. The third-order valence-electron chi connectivity index (χ3n) is 16.1. The summed E-state index contributed by atoms with van der Waals surface area (Å²) in [5.74, 6) is -0.0319. The molecule has 6 heteroatoms. The molecule has 0 fully saturated rings. The van der Waals surface area contributed by atoms with Gasteiger partial charge in [0.25, 0.3) is 0 Å². The number of aliphatic hydroxyl groups is 2. The average molecular weight is 1090 g/mol. The largest absolute Gasteiger partial charge is 0.466 e. The number of ether oxygens (including phenoxy) is 1. The maximum absolute atomic E-state index is 12.5. The minimum Gasteiger partial charge on any atom is -0.466 e. The Hall–Kier alpha value is -2.18. The van der Waals surface area contributed by atoms with Gasteiger partial charge in [0.15, 0.2) is 0 Å². The maximum Gasteiger partial charge on any atom is 0.305 e. The Morgan fingerprint density at radius 2 is 0.654 bits per heavy atom. The first kappa shape index (κ1) is 75.8. The zero-order valence-corrected chi connectivity index (χ0v) is 52.4. The van der Waals surface area contributed by atoms with Gasteiger partial charge in [-0.15, -0.1) is 0 Å². The number of aliphatic hydroxyl groups excluding tert-OH is 2. The molecule has 2 atom stereocenters. The molecule has 0 bridgehead atoms. The molecular formula is C72H135NO5. The summed E-state index contributed by atoms with van der Waals surface area (Å²) in [6, 6.07) is -0.540. The molecule has 0 saturated carbocycles. The highest BCUT2D eigenvalue weighted by Crippen LogP contribution is 2.18. The van der Waals surface area contributed by atoms with Crippen LogP contribution in [0.4, 0.5) is 0 Å². The summed E-state index contributed by atoms with van der Waals surface area (Å²) >= 11 is 0. The molecule has 458 valence electrons. The van der Waals surface area contributed by atoms with Crippen molar-refractivity contribution in [3.63, 3.8) is 0 Å². The standard InChI is InChI=1S/C72H135NO5/c1-3-5-7-9-11-13-15-17-40-44-48-52-56-60-64-70(75)69(68-74)73-71(76)65-61-57-53-49-45-41-38-36-34-32-30-28-26-24-22-20-19-21-23-25-27-29-31-33-35-37-39-43-47-51-55-59-63-67-78-72(77)66-62-58-54-50-46-42-18-16-14-12-10-8-6-4-2/h10,12,16,18,23,25,29,31,69-70,74-75H,3-9,11,13-15,17,19-22,24,26-28,30,32-68H2,1-2H3,(H,73,76)/b12-10-,18-16-,25-23-,31-29-. The lowest BCUT2D eigenvalue weighted by atomic mass is 10.0. The van der Waals surface area contributed by atoms with Crippen molar-refractivity contribution >= 4 is 11.9 Å². The molecule has 0 radical (unpaired) electrons. The molecule has 1 amide bonds. The quantitative estimate of drug-likeness (QED) is 0.0320. The van der Waals surface area contributed by atoms with Crippen LogP contribution in [0.25, 0.3) is 0 Å². The van der Waals surface area contributed by atoms with Gasteiger partial charge in [0.1, 0.15) is 0 Å². The first-order valence-corrected chi connectivity index (χ1v) is 34.9. The minimum absolute atomic E-state index is 0.000533. The summed E-state index contributed by atoms with van der Waals surface area (Å²) in [5.41, 5.74) is 0. The molecule has 0 aliphatic rings. The molecule has 6 nitrogen and oxygen atoms in total. The zero-order chi connectivity index (χ0) is 56.4. The average Bonchev–Trinajstić information content (AvgIpc) is 3.44. The Balaban J connectivity index is 3.38. The molecule has 0 aromatic carbocycles. The van der Waals surface area contributed by atoms with Crippen molar-refractivity contribution in [1.29, 1.82) is 0 Å². The van der Waals surface area contributed by atoms with Crippen LogP contribution in [0.2, 0.25) is 0 Å². The second kappa shape index (κ2) is 67.3. The Morgan fingerprint density at radius 1 is 0.359 bits per heavy atom. The van der Waals surface area contributed by atoms with Crippen LogP contribution in [0, 0.1) is 0 Å². The van der Waals surface area contributed by atoms with Crippen molar-refractivity contribution in [3.8, 4) is 0 Å². The second-order valence-corrected chi connectivity index (χ2v) is 23.9. The fourth-order valence-electron chi connectivity index (χ4n) is 10.7. The molecule has 0 aromatic rings. The summed E-state index contributed by atoms with van der Waals surface area (Å²) in [4.78, 5) is 24.5. The predicted octanol–water partition coefficient (Wildman–Crippen LogP) is 22.5. The van der Waals surface area contributed by atoms with Crippen molar-refractivity contribution in [1.82, 2.24) is 5.32 Å². The number of esters is 1. The van der Waals surface area contributed by atoms with Crippen LogP contribution in [0.3, 0.4) is 0 Å². The number of hydrogen-bond acceptors (Lipinski definition) is 5. The Morgan fingerprint density at radius 3 is 1.01 bits per heavy atom. The Labute approximate surface area is 486 Å². The van der Waals surface area contributed by atoms with E-state index in [1.165, 1.54) is 283 Å². The van der Waals surface area contributed by atoms with E-state index in [2.05, 4.69) is 67.8 Å². The van der Waals surface area contributed by atoms with Crippen LogP contribution in [-0.4, -0.2) is 47.4 Å². The van der Waals surface area contributed by atoms with Gasteiger partial charge >= 0.3 is 5.97 Å². The SMILES string of the molecule is CCCC/C=C\C/C=C\CCCCCCCC(=O)OCCCCCCCCCCC/C=C\C/C=C\CCCCCCCCCCCCCCCCCCCC(=O)NC(CO)C(O)CCCCCCCCCCCCCCCC. The van der Waals surface area contributed by atoms with Gasteiger partial charge < -0.3 is 20.3 Å². The van der Waals surface area contributed by atoms with Crippen LogP contribution in [0.5, 0.6) is 0 Å². The van der Waals surface area contributed by atoms with E-state index in [9.17, 15) is 19.8 Å². The van der Waals surface area contributed by atoms with E-state index in [4.69, 9.17) is 4.74 Å². The smallest absolute Gasteiger partial charge is 0.305 e. The summed E-state index contributed by atoms with van der Waals surface area (Å²) in [6.45, 7) is 4.92. The summed E-state index contributed by atoms with van der Waals surface area (Å²) in [5, 5.41) is 23.3. The Bertz CT molecular complexity index is 1310. The highest BCUT2D eigenvalue weighted by molar-refractivity contribution is 5.76. The summed E-state index contributed by atoms with van der Waals surface area (Å²) in [7, 11) is 0. The lowest BCUT2D eigenvalue weighted by molar-refractivity contribution is -0.143. The fourth-order valence-corrected chi connectivity index (χ4v) is 10.7. The number of rotatable bonds is 65. The van der Waals surface area contributed by atoms with E-state index in [0.29, 0.717) is 25.9 Å². The van der Waals surface area contributed by atoms with E-state index in [1.54, 1.807) is 0 Å². The predicted molar refractivity (Wildman–Crippen MR) is 342 cm³/mol. The van der Waals surface area contributed by atoms with Gasteiger partial charge in [-0.25, -0.2) is 0 Å². The van der Waals surface area contributed by atoms with Crippen molar-refractivity contribution in [3.05, 3.63) is 48.6 Å². The molecule has 0 aliphatic carbocycles. The van der Waals surface area contributed by atoms with Gasteiger partial charge in [-0.1, -0.05) is 326 Å². The number of unbranched alkanes of at least 4 members (excludes halogenated alkanes) is 46. The third-order valence-corrected chi connectivity index (χ3v) is 16.1. The summed E-state index contributed by atoms with van der Waals surface area (Å²) in [6.07, 6.45) is 87.3. The monoisotopic (exact) mass is 1090 g/mol. The Kier molecular flexibility index (Phi) is 65.4. The van der Waals surface area contributed by atoms with Crippen LogP contribution in [0.15, 0.2) is 48.6 Å². The minimum atomic E-state index is -0.663. The molecule has 0 aromatic heterocycles. The van der Waals surface area contributed by atoms with Crippen molar-refractivity contribution in [2.24, 2.45) is 0 Å². The van der Waals surface area contributed by atoms with E-state index in [1.807, 2.05) is 0 Å².